The van der Waals surface area contributed by atoms with E-state index in [9.17, 15) is 13.2 Å². The molecule has 0 aliphatic carbocycles. The van der Waals surface area contributed by atoms with E-state index in [-0.39, 0.29) is 10.9 Å². The molecule has 2 N–H and O–H groups in total. The summed E-state index contributed by atoms with van der Waals surface area (Å²) in [6.07, 6.45) is 0. The van der Waals surface area contributed by atoms with Crippen LogP contribution in [0.15, 0.2) is 29.2 Å². The lowest BCUT2D eigenvalue weighted by molar-refractivity contribution is -0.141. The number of rotatable bonds is 3. The summed E-state index contributed by atoms with van der Waals surface area (Å²) in [5.74, 6) is -0.782. The molecule has 0 aromatic heterocycles. The van der Waals surface area contributed by atoms with Gasteiger partial charge in [-0.25, -0.2) is 0 Å². The highest BCUT2D eigenvalue weighted by Crippen LogP contribution is 2.08. The summed E-state index contributed by atoms with van der Waals surface area (Å²) in [6.45, 7) is 3.48. The van der Waals surface area contributed by atoms with Gasteiger partial charge in [-0.15, -0.1) is 0 Å². The minimum absolute atomic E-state index is 0.0666. The monoisotopic (exact) mass is 289 g/mol. The number of aliphatic carboxylic acids is 1. The summed E-state index contributed by atoms with van der Waals surface area (Å²) in [4.78, 5) is 11.7. The lowest BCUT2D eigenvalue weighted by Gasteiger charge is -2.13. The highest BCUT2D eigenvalue weighted by molar-refractivity contribution is 7.85. The minimum Gasteiger partial charge on any atom is -0.480 e. The number of carboxylic acid groups (broad SMARTS) is 1. The fourth-order valence-electron chi connectivity index (χ4n) is 0.931. The van der Waals surface area contributed by atoms with Crippen LogP contribution in [0.2, 0.25) is 0 Å². The first-order chi connectivity index (χ1) is 8.55. The van der Waals surface area contributed by atoms with E-state index in [2.05, 4.69) is 0 Å². The third kappa shape index (κ3) is 6.90. The predicted octanol–water partition coefficient (Wildman–Crippen LogP) is 1.26. The Kier molecular flexibility index (Phi) is 6.68. The molecule has 1 aromatic rings. The third-order valence-corrected chi connectivity index (χ3v) is 3.32. The van der Waals surface area contributed by atoms with Gasteiger partial charge in [0.05, 0.1) is 4.90 Å². The van der Waals surface area contributed by atoms with Gasteiger partial charge in [-0.3, -0.25) is 14.2 Å². The summed E-state index contributed by atoms with van der Waals surface area (Å²) in [5, 5.41) is 8.31. The van der Waals surface area contributed by atoms with Crippen LogP contribution in [0.3, 0.4) is 0 Å². The van der Waals surface area contributed by atoms with E-state index in [1.54, 1.807) is 38.1 Å². The van der Waals surface area contributed by atoms with Crippen LogP contribution in [0, 0.1) is 6.92 Å². The van der Waals surface area contributed by atoms with Crippen molar-refractivity contribution in [2.45, 2.75) is 24.8 Å². The molecule has 108 valence electrons. The van der Waals surface area contributed by atoms with E-state index >= 15 is 0 Å². The maximum Gasteiger partial charge on any atom is 0.320 e. The number of carbonyl (C=O) groups is 1. The lowest BCUT2D eigenvalue weighted by atomic mass is 10.2. The molecule has 6 nitrogen and oxygen atoms in total. The van der Waals surface area contributed by atoms with Crippen LogP contribution in [0.25, 0.3) is 0 Å². The third-order valence-electron chi connectivity index (χ3n) is 2.45. The number of likely N-dealkylation sites (N-methyl/N-ethyl adjacent to an activating group) is 1. The summed E-state index contributed by atoms with van der Waals surface area (Å²) < 4.78 is 29.6. The fraction of sp³-hybridized carbons (Fsp3) is 0.417. The van der Waals surface area contributed by atoms with Gasteiger partial charge < -0.3 is 5.11 Å². The zero-order valence-electron chi connectivity index (χ0n) is 11.4. The fourth-order valence-corrected chi connectivity index (χ4v) is 1.41. The van der Waals surface area contributed by atoms with Gasteiger partial charge >= 0.3 is 5.97 Å². The van der Waals surface area contributed by atoms with Crippen molar-refractivity contribution < 1.29 is 22.9 Å². The summed E-state index contributed by atoms with van der Waals surface area (Å²) >= 11 is 0. The van der Waals surface area contributed by atoms with Gasteiger partial charge in [-0.05, 0) is 40.1 Å². The van der Waals surface area contributed by atoms with Gasteiger partial charge in [0.1, 0.15) is 6.04 Å². The number of aryl methyl sites for hydroxylation is 1. The van der Waals surface area contributed by atoms with E-state index in [0.717, 1.165) is 5.56 Å². The average molecular weight is 289 g/mol. The highest BCUT2D eigenvalue weighted by atomic mass is 32.2. The first-order valence-electron chi connectivity index (χ1n) is 5.49. The Morgan fingerprint density at radius 3 is 1.84 bits per heavy atom. The summed E-state index contributed by atoms with van der Waals surface area (Å²) in [6, 6.07) is 5.61. The molecule has 1 unspecified atom stereocenters. The number of hydrogen-bond acceptors (Lipinski definition) is 4. The topological polar surface area (TPSA) is 94.9 Å². The zero-order valence-corrected chi connectivity index (χ0v) is 12.2. The van der Waals surface area contributed by atoms with E-state index in [1.807, 2.05) is 6.92 Å². The van der Waals surface area contributed by atoms with E-state index in [0.29, 0.717) is 0 Å². The molecule has 0 radical (unpaired) electrons. The quantitative estimate of drug-likeness (QED) is 0.813. The Hall–Kier alpha value is -1.44. The summed E-state index contributed by atoms with van der Waals surface area (Å²) in [7, 11) is -0.550. The molecular formula is C12H19NO5S. The van der Waals surface area contributed by atoms with Gasteiger partial charge in [-0.1, -0.05) is 17.7 Å². The molecule has 0 fully saturated rings. The molecule has 1 rings (SSSR count). The van der Waals surface area contributed by atoms with E-state index < -0.39 is 16.1 Å². The second-order valence-electron chi connectivity index (χ2n) is 4.27. The van der Waals surface area contributed by atoms with Gasteiger partial charge in [-0.2, -0.15) is 8.42 Å². The molecule has 0 bridgehead atoms. The number of hydrogen-bond donors (Lipinski definition) is 2. The van der Waals surface area contributed by atoms with Crippen LogP contribution < -0.4 is 0 Å². The van der Waals surface area contributed by atoms with Gasteiger partial charge in [0.25, 0.3) is 10.1 Å². The number of nitrogens with zero attached hydrogens (tertiary/aromatic N) is 1. The van der Waals surface area contributed by atoms with Crippen molar-refractivity contribution in [2.75, 3.05) is 14.1 Å². The average Bonchev–Trinajstić information content (AvgIpc) is 2.27. The molecule has 0 spiro atoms. The van der Waals surface area contributed by atoms with Crippen molar-refractivity contribution in [1.29, 1.82) is 0 Å². The Morgan fingerprint density at radius 1 is 1.21 bits per heavy atom. The van der Waals surface area contributed by atoms with Crippen LogP contribution in [0.1, 0.15) is 12.5 Å². The van der Waals surface area contributed by atoms with Crippen molar-refractivity contribution in [3.8, 4) is 0 Å². The molecular weight excluding hydrogens is 270 g/mol. The SMILES string of the molecule is CC(C(=O)O)N(C)C.Cc1ccc(S(=O)(=O)O)cc1. The normalized spacial score (nSPS) is 12.5. The molecule has 0 aliphatic heterocycles. The van der Waals surface area contributed by atoms with Crippen molar-refractivity contribution in [3.05, 3.63) is 29.8 Å². The molecule has 0 saturated carbocycles. The number of carboxylic acids is 1. The Bertz CT molecular complexity index is 507. The first-order valence-corrected chi connectivity index (χ1v) is 6.93. The molecule has 7 heteroatoms. The molecule has 1 atom stereocenters. The van der Waals surface area contributed by atoms with Crippen LogP contribution in [0.5, 0.6) is 0 Å². The largest absolute Gasteiger partial charge is 0.480 e. The molecule has 0 amide bonds. The van der Waals surface area contributed by atoms with Crippen molar-refractivity contribution in [3.63, 3.8) is 0 Å². The Morgan fingerprint density at radius 2 is 1.63 bits per heavy atom. The van der Waals surface area contributed by atoms with Crippen LogP contribution in [0.4, 0.5) is 0 Å². The Labute approximate surface area is 113 Å². The van der Waals surface area contributed by atoms with Gasteiger partial charge in [0.2, 0.25) is 0 Å². The van der Waals surface area contributed by atoms with E-state index in [1.165, 1.54) is 12.1 Å². The molecule has 0 saturated heterocycles. The summed E-state index contributed by atoms with van der Waals surface area (Å²) in [5.41, 5.74) is 0.956. The van der Waals surface area contributed by atoms with Gasteiger partial charge in [0.15, 0.2) is 0 Å². The minimum atomic E-state index is -4.02. The van der Waals surface area contributed by atoms with Gasteiger partial charge in [0, 0.05) is 0 Å². The lowest BCUT2D eigenvalue weighted by Crippen LogP contribution is -2.32. The predicted molar refractivity (Wildman–Crippen MR) is 71.8 cm³/mol. The maximum atomic E-state index is 10.5. The smallest absolute Gasteiger partial charge is 0.320 e. The second kappa shape index (κ2) is 7.22. The molecule has 0 aliphatic rings. The molecule has 1 aromatic carbocycles. The van der Waals surface area contributed by atoms with Crippen molar-refractivity contribution in [1.82, 2.24) is 4.90 Å². The standard InChI is InChI=1S/C7H8O3S.C5H11NO2/c1-6-2-4-7(5-3-6)11(8,9)10;1-4(5(7)8)6(2)3/h2-5H,1H3,(H,8,9,10);4H,1-3H3,(H,7,8). The Balaban J connectivity index is 0.000000362. The highest BCUT2D eigenvalue weighted by Gasteiger charge is 2.11. The van der Waals surface area contributed by atoms with Crippen LogP contribution >= 0.6 is 0 Å². The first kappa shape index (κ1) is 17.6. The van der Waals surface area contributed by atoms with Crippen LogP contribution in [-0.2, 0) is 14.9 Å². The molecule has 0 heterocycles. The van der Waals surface area contributed by atoms with Crippen molar-refractivity contribution >= 4 is 16.1 Å². The number of benzene rings is 1. The maximum absolute atomic E-state index is 10.5. The van der Waals surface area contributed by atoms with Crippen LogP contribution in [-0.4, -0.2) is 49.1 Å². The zero-order chi connectivity index (χ0) is 15.2. The van der Waals surface area contributed by atoms with Crippen molar-refractivity contribution in [2.24, 2.45) is 0 Å². The van der Waals surface area contributed by atoms with E-state index in [4.69, 9.17) is 9.66 Å². The second-order valence-corrected chi connectivity index (χ2v) is 5.69. The molecule has 19 heavy (non-hydrogen) atoms.